The van der Waals surface area contributed by atoms with Crippen LogP contribution in [-0.2, 0) is 24.2 Å². The van der Waals surface area contributed by atoms with Crippen molar-refractivity contribution in [2.45, 2.75) is 38.8 Å². The van der Waals surface area contributed by atoms with E-state index in [4.69, 9.17) is 0 Å². The van der Waals surface area contributed by atoms with E-state index in [1.54, 1.807) is 4.90 Å². The predicted molar refractivity (Wildman–Crippen MR) is 119 cm³/mol. The number of hydrogen-bond donors (Lipinski definition) is 1. The summed E-state index contributed by atoms with van der Waals surface area (Å²) in [5.74, 6) is -0.293. The molecule has 0 fully saturated rings. The molecule has 0 aliphatic carbocycles. The standard InChI is InChI=1S/C26H26N2O2/c1-3-19-12-9-14-22(16-19)28-24(29)23-15-8-7-13-21(23)17-26(28,2)25(30)27-18-20-10-5-4-6-11-20/h4-16H,3,17-18H2,1-2H3,(H,27,30)/t26-/m0/s1. The Morgan fingerprint density at radius 2 is 1.67 bits per heavy atom. The van der Waals surface area contributed by atoms with Gasteiger partial charge in [-0.1, -0.05) is 67.6 Å². The minimum absolute atomic E-state index is 0.137. The van der Waals surface area contributed by atoms with Crippen molar-refractivity contribution in [1.29, 1.82) is 0 Å². The van der Waals surface area contributed by atoms with E-state index in [0.29, 0.717) is 18.5 Å². The van der Waals surface area contributed by atoms with Crippen LogP contribution in [0.15, 0.2) is 78.9 Å². The highest BCUT2D eigenvalue weighted by molar-refractivity contribution is 6.14. The van der Waals surface area contributed by atoms with Crippen LogP contribution in [0.5, 0.6) is 0 Å². The van der Waals surface area contributed by atoms with E-state index in [-0.39, 0.29) is 11.8 Å². The maximum absolute atomic E-state index is 13.6. The summed E-state index contributed by atoms with van der Waals surface area (Å²) >= 11 is 0. The van der Waals surface area contributed by atoms with Crippen LogP contribution in [0.3, 0.4) is 0 Å². The number of nitrogens with one attached hydrogen (secondary N) is 1. The molecule has 1 N–H and O–H groups in total. The van der Waals surface area contributed by atoms with E-state index in [1.165, 1.54) is 0 Å². The summed E-state index contributed by atoms with van der Waals surface area (Å²) in [7, 11) is 0. The summed E-state index contributed by atoms with van der Waals surface area (Å²) in [6.07, 6.45) is 1.33. The fourth-order valence-corrected chi connectivity index (χ4v) is 4.15. The molecule has 0 radical (unpaired) electrons. The highest BCUT2D eigenvalue weighted by Gasteiger charge is 2.47. The topological polar surface area (TPSA) is 49.4 Å². The van der Waals surface area contributed by atoms with Gasteiger partial charge in [0.2, 0.25) is 5.91 Å². The van der Waals surface area contributed by atoms with Crippen molar-refractivity contribution in [3.8, 4) is 0 Å². The lowest BCUT2D eigenvalue weighted by atomic mass is 9.82. The molecule has 3 aromatic rings. The van der Waals surface area contributed by atoms with Gasteiger partial charge in [-0.15, -0.1) is 0 Å². The molecule has 1 aliphatic rings. The Morgan fingerprint density at radius 3 is 2.43 bits per heavy atom. The monoisotopic (exact) mass is 398 g/mol. The minimum Gasteiger partial charge on any atom is -0.350 e. The van der Waals surface area contributed by atoms with Crippen LogP contribution in [-0.4, -0.2) is 17.4 Å². The first-order valence-corrected chi connectivity index (χ1v) is 10.4. The first-order valence-electron chi connectivity index (χ1n) is 10.4. The lowest BCUT2D eigenvalue weighted by Crippen LogP contribution is -2.63. The van der Waals surface area contributed by atoms with Crippen LogP contribution in [0.4, 0.5) is 5.69 Å². The SMILES string of the molecule is CCc1cccc(N2C(=O)c3ccccc3C[C@@]2(C)C(=O)NCc2ccccc2)c1. The lowest BCUT2D eigenvalue weighted by molar-refractivity contribution is -0.126. The normalized spacial score (nSPS) is 18.1. The number of rotatable bonds is 5. The second-order valence-corrected chi connectivity index (χ2v) is 7.94. The van der Waals surface area contributed by atoms with Crippen molar-refractivity contribution >= 4 is 17.5 Å². The van der Waals surface area contributed by atoms with Gasteiger partial charge in [-0.25, -0.2) is 0 Å². The smallest absolute Gasteiger partial charge is 0.259 e. The molecule has 0 unspecified atom stereocenters. The molecule has 30 heavy (non-hydrogen) atoms. The number of hydrogen-bond acceptors (Lipinski definition) is 2. The number of benzene rings is 3. The first-order chi connectivity index (χ1) is 14.5. The largest absolute Gasteiger partial charge is 0.350 e. The summed E-state index contributed by atoms with van der Waals surface area (Å²) in [6, 6.07) is 25.3. The van der Waals surface area contributed by atoms with Crippen molar-refractivity contribution in [2.24, 2.45) is 0 Å². The van der Waals surface area contributed by atoms with Crippen LogP contribution < -0.4 is 10.2 Å². The zero-order valence-corrected chi connectivity index (χ0v) is 17.4. The summed E-state index contributed by atoms with van der Waals surface area (Å²) in [4.78, 5) is 28.7. The second kappa shape index (κ2) is 8.15. The Labute approximate surface area is 177 Å². The first kappa shape index (κ1) is 19.9. The molecule has 4 nitrogen and oxygen atoms in total. The van der Waals surface area contributed by atoms with Crippen molar-refractivity contribution in [3.63, 3.8) is 0 Å². The molecular formula is C26H26N2O2. The summed E-state index contributed by atoms with van der Waals surface area (Å²) in [5.41, 5.74) is 3.46. The molecule has 0 saturated heterocycles. The lowest BCUT2D eigenvalue weighted by Gasteiger charge is -2.44. The maximum Gasteiger partial charge on any atom is 0.259 e. The highest BCUT2D eigenvalue weighted by Crippen LogP contribution is 2.36. The van der Waals surface area contributed by atoms with Crippen molar-refractivity contribution < 1.29 is 9.59 Å². The van der Waals surface area contributed by atoms with Gasteiger partial charge in [0, 0.05) is 24.2 Å². The highest BCUT2D eigenvalue weighted by atomic mass is 16.2. The number of amides is 2. The van der Waals surface area contributed by atoms with Gasteiger partial charge in [0.05, 0.1) is 0 Å². The summed E-state index contributed by atoms with van der Waals surface area (Å²) in [6.45, 7) is 4.37. The average molecular weight is 399 g/mol. The van der Waals surface area contributed by atoms with Gasteiger partial charge in [0.25, 0.3) is 5.91 Å². The Balaban J connectivity index is 1.73. The second-order valence-electron chi connectivity index (χ2n) is 7.94. The minimum atomic E-state index is -1.02. The Hall–Kier alpha value is -3.40. The van der Waals surface area contributed by atoms with E-state index in [9.17, 15) is 9.59 Å². The van der Waals surface area contributed by atoms with Gasteiger partial charge >= 0.3 is 0 Å². The Kier molecular flexibility index (Phi) is 5.40. The molecule has 4 rings (SSSR count). The average Bonchev–Trinajstić information content (AvgIpc) is 2.78. The molecule has 2 amide bonds. The van der Waals surface area contributed by atoms with Gasteiger partial charge in [0.1, 0.15) is 5.54 Å². The number of carbonyl (C=O) groups is 2. The molecule has 152 valence electrons. The number of nitrogens with zero attached hydrogens (tertiary/aromatic N) is 1. The van der Waals surface area contributed by atoms with Gasteiger partial charge in [-0.3, -0.25) is 14.5 Å². The molecule has 1 aliphatic heterocycles. The van der Waals surface area contributed by atoms with Crippen LogP contribution in [0.25, 0.3) is 0 Å². The summed E-state index contributed by atoms with van der Waals surface area (Å²) in [5, 5.41) is 3.06. The van der Waals surface area contributed by atoms with Gasteiger partial charge in [0.15, 0.2) is 0 Å². The molecule has 0 bridgehead atoms. The van der Waals surface area contributed by atoms with Gasteiger partial charge in [-0.05, 0) is 48.2 Å². The third kappa shape index (κ3) is 3.61. The Bertz CT molecular complexity index is 1080. The zero-order chi connectivity index (χ0) is 21.1. The van der Waals surface area contributed by atoms with E-state index >= 15 is 0 Å². The quantitative estimate of drug-likeness (QED) is 0.687. The Morgan fingerprint density at radius 1 is 0.967 bits per heavy atom. The van der Waals surface area contributed by atoms with Crippen molar-refractivity contribution in [2.75, 3.05) is 4.90 Å². The van der Waals surface area contributed by atoms with E-state index in [0.717, 1.165) is 28.8 Å². The molecule has 0 aromatic heterocycles. The fourth-order valence-electron chi connectivity index (χ4n) is 4.15. The molecule has 4 heteroatoms. The molecule has 1 heterocycles. The molecule has 1 atom stereocenters. The third-order valence-electron chi connectivity index (χ3n) is 5.84. The van der Waals surface area contributed by atoms with Crippen LogP contribution in [0, 0.1) is 0 Å². The number of anilines is 1. The maximum atomic E-state index is 13.6. The van der Waals surface area contributed by atoms with Gasteiger partial charge in [-0.2, -0.15) is 0 Å². The molecule has 0 saturated carbocycles. The third-order valence-corrected chi connectivity index (χ3v) is 5.84. The van der Waals surface area contributed by atoms with Crippen molar-refractivity contribution in [1.82, 2.24) is 5.32 Å². The molecule has 3 aromatic carbocycles. The number of carbonyl (C=O) groups excluding carboxylic acids is 2. The molecule has 0 spiro atoms. The number of fused-ring (bicyclic) bond motifs is 1. The predicted octanol–water partition coefficient (Wildman–Crippen LogP) is 4.53. The van der Waals surface area contributed by atoms with Crippen LogP contribution >= 0.6 is 0 Å². The van der Waals surface area contributed by atoms with Crippen LogP contribution in [0.1, 0.15) is 40.9 Å². The van der Waals surface area contributed by atoms with Gasteiger partial charge < -0.3 is 5.32 Å². The molecular weight excluding hydrogens is 372 g/mol. The number of aryl methyl sites for hydroxylation is 1. The van der Waals surface area contributed by atoms with E-state index in [1.807, 2.05) is 85.8 Å². The zero-order valence-electron chi connectivity index (χ0n) is 17.4. The van der Waals surface area contributed by atoms with Crippen LogP contribution in [0.2, 0.25) is 0 Å². The van der Waals surface area contributed by atoms with E-state index < -0.39 is 5.54 Å². The fraction of sp³-hybridized carbons (Fsp3) is 0.231. The summed E-state index contributed by atoms with van der Waals surface area (Å²) < 4.78 is 0. The van der Waals surface area contributed by atoms with E-state index in [2.05, 4.69) is 12.2 Å². The van der Waals surface area contributed by atoms with Crippen molar-refractivity contribution in [3.05, 3.63) is 101 Å².